The molecule has 0 bridgehead atoms. The summed E-state index contributed by atoms with van der Waals surface area (Å²) in [5.41, 5.74) is -0.510. The summed E-state index contributed by atoms with van der Waals surface area (Å²) in [5, 5.41) is 5.58. The number of aryl methyl sites for hydroxylation is 1. The topological polar surface area (TPSA) is 75.4 Å². The molecule has 0 unspecified atom stereocenters. The second-order valence-electron chi connectivity index (χ2n) is 4.76. The van der Waals surface area contributed by atoms with Crippen LogP contribution in [0.2, 0.25) is 0 Å². The van der Waals surface area contributed by atoms with Gasteiger partial charge in [0, 0.05) is 13.1 Å². The van der Waals surface area contributed by atoms with Gasteiger partial charge in [-0.15, -0.1) is 0 Å². The van der Waals surface area contributed by atoms with E-state index in [1.54, 1.807) is 6.92 Å². The molecule has 0 radical (unpaired) electrons. The molecule has 6 nitrogen and oxygen atoms in total. The minimum absolute atomic E-state index is 0.0109. The molecule has 9 heteroatoms. The smallest absolute Gasteiger partial charge is 0.276 e. The molecule has 2 aromatic rings. The summed E-state index contributed by atoms with van der Waals surface area (Å²) in [5.74, 6) is -5.51. The fourth-order valence-electron chi connectivity index (χ4n) is 1.76. The number of likely N-dealkylation sites (N-methyl/N-ethyl adjacent to an activating group) is 1. The van der Waals surface area contributed by atoms with Crippen molar-refractivity contribution in [1.82, 2.24) is 10.1 Å². The molecule has 1 N–H and O–H groups in total. The lowest BCUT2D eigenvalue weighted by molar-refractivity contribution is -0.116. The third-order valence-corrected chi connectivity index (χ3v) is 2.88. The third kappa shape index (κ3) is 3.68. The monoisotopic (exact) mass is 327 g/mol. The Morgan fingerprint density at radius 2 is 1.96 bits per heavy atom. The molecule has 122 valence electrons. The Labute approximate surface area is 128 Å². The Balaban J connectivity index is 2.02. The zero-order valence-corrected chi connectivity index (χ0v) is 12.2. The van der Waals surface area contributed by atoms with Crippen LogP contribution < -0.4 is 5.32 Å². The molecule has 0 aliphatic carbocycles. The van der Waals surface area contributed by atoms with Gasteiger partial charge in [-0.3, -0.25) is 9.59 Å². The Kier molecular flexibility index (Phi) is 4.68. The van der Waals surface area contributed by atoms with Gasteiger partial charge in [-0.05, 0) is 19.1 Å². The van der Waals surface area contributed by atoms with Gasteiger partial charge in [-0.2, -0.15) is 0 Å². The molecule has 1 aromatic heterocycles. The van der Waals surface area contributed by atoms with E-state index in [1.165, 1.54) is 13.1 Å². The second-order valence-corrected chi connectivity index (χ2v) is 4.76. The van der Waals surface area contributed by atoms with Crippen LogP contribution >= 0.6 is 0 Å². The van der Waals surface area contributed by atoms with Gasteiger partial charge in [-0.1, -0.05) is 5.16 Å². The van der Waals surface area contributed by atoms with Crippen molar-refractivity contribution in [3.63, 3.8) is 0 Å². The molecule has 2 rings (SSSR count). The lowest BCUT2D eigenvalue weighted by atomic mass is 10.2. The van der Waals surface area contributed by atoms with Crippen molar-refractivity contribution in [2.75, 3.05) is 18.9 Å². The normalized spacial score (nSPS) is 10.5. The maximum absolute atomic E-state index is 13.5. The van der Waals surface area contributed by atoms with Crippen molar-refractivity contribution in [2.45, 2.75) is 6.92 Å². The number of carbonyl (C=O) groups is 2. The van der Waals surface area contributed by atoms with E-state index in [-0.39, 0.29) is 5.69 Å². The zero-order valence-electron chi connectivity index (χ0n) is 12.2. The van der Waals surface area contributed by atoms with Crippen LogP contribution in [0.4, 0.5) is 18.9 Å². The van der Waals surface area contributed by atoms with E-state index >= 15 is 0 Å². The summed E-state index contributed by atoms with van der Waals surface area (Å²) in [4.78, 5) is 24.8. The number of amides is 2. The maximum atomic E-state index is 13.5. The average molecular weight is 327 g/mol. The number of hydrogen-bond donors (Lipinski definition) is 1. The standard InChI is InChI=1S/C14H12F3N3O3/c1-7-5-10(19-23-7)14(22)20(2)6-11(21)18-9-4-3-8(15)12(16)13(9)17/h3-5H,6H2,1-2H3,(H,18,21). The average Bonchev–Trinajstić information content (AvgIpc) is 2.93. The molecule has 23 heavy (non-hydrogen) atoms. The minimum atomic E-state index is -1.69. The van der Waals surface area contributed by atoms with Crippen LogP contribution in [0.5, 0.6) is 0 Å². The van der Waals surface area contributed by atoms with E-state index in [4.69, 9.17) is 4.52 Å². The zero-order chi connectivity index (χ0) is 17.1. The van der Waals surface area contributed by atoms with Crippen molar-refractivity contribution in [3.05, 3.63) is 47.1 Å². The highest BCUT2D eigenvalue weighted by Gasteiger charge is 2.20. The van der Waals surface area contributed by atoms with Gasteiger partial charge in [0.1, 0.15) is 5.76 Å². The summed E-state index contributed by atoms with van der Waals surface area (Å²) in [7, 11) is 1.33. The first-order chi connectivity index (χ1) is 10.8. The predicted molar refractivity (Wildman–Crippen MR) is 73.1 cm³/mol. The van der Waals surface area contributed by atoms with Gasteiger partial charge in [0.15, 0.2) is 23.1 Å². The summed E-state index contributed by atoms with van der Waals surface area (Å²) >= 11 is 0. The highest BCUT2D eigenvalue weighted by molar-refractivity contribution is 5.98. The van der Waals surface area contributed by atoms with Crippen molar-refractivity contribution in [1.29, 1.82) is 0 Å². The summed E-state index contributed by atoms with van der Waals surface area (Å²) in [6.07, 6.45) is 0. The number of carbonyl (C=O) groups excluding carboxylic acids is 2. The highest BCUT2D eigenvalue weighted by atomic mass is 19.2. The van der Waals surface area contributed by atoms with Crippen LogP contribution in [0, 0.1) is 24.4 Å². The van der Waals surface area contributed by atoms with Gasteiger partial charge in [0.05, 0.1) is 12.2 Å². The Morgan fingerprint density at radius 1 is 1.26 bits per heavy atom. The number of aromatic nitrogens is 1. The minimum Gasteiger partial charge on any atom is -0.361 e. The Morgan fingerprint density at radius 3 is 2.57 bits per heavy atom. The van der Waals surface area contributed by atoms with E-state index in [1.807, 2.05) is 0 Å². The summed E-state index contributed by atoms with van der Waals surface area (Å²) in [6.45, 7) is 1.16. The van der Waals surface area contributed by atoms with Crippen molar-refractivity contribution < 1.29 is 27.3 Å². The molecule has 0 fully saturated rings. The van der Waals surface area contributed by atoms with Crippen LogP contribution in [0.15, 0.2) is 22.7 Å². The van der Waals surface area contributed by atoms with Crippen LogP contribution in [-0.2, 0) is 4.79 Å². The lowest BCUT2D eigenvalue weighted by Gasteiger charge is -2.15. The summed E-state index contributed by atoms with van der Waals surface area (Å²) in [6, 6.07) is 2.96. The molecule has 2 amide bonds. The SMILES string of the molecule is Cc1cc(C(=O)N(C)CC(=O)Nc2ccc(F)c(F)c2F)no1. The molecule has 0 atom stereocenters. The summed E-state index contributed by atoms with van der Waals surface area (Å²) < 4.78 is 44.1. The first-order valence-corrected chi connectivity index (χ1v) is 6.41. The molecule has 0 aliphatic heterocycles. The first-order valence-electron chi connectivity index (χ1n) is 6.41. The first kappa shape index (κ1) is 16.5. The van der Waals surface area contributed by atoms with Crippen LogP contribution in [0.25, 0.3) is 0 Å². The van der Waals surface area contributed by atoms with Crippen LogP contribution in [0.1, 0.15) is 16.2 Å². The van der Waals surface area contributed by atoms with Crippen molar-refractivity contribution in [2.24, 2.45) is 0 Å². The van der Waals surface area contributed by atoms with Gasteiger partial charge >= 0.3 is 0 Å². The third-order valence-electron chi connectivity index (χ3n) is 2.88. The molecule has 0 spiro atoms. The van der Waals surface area contributed by atoms with Crippen molar-refractivity contribution >= 4 is 17.5 Å². The van der Waals surface area contributed by atoms with Gasteiger partial charge < -0.3 is 14.7 Å². The number of nitrogens with one attached hydrogen (secondary N) is 1. The second kappa shape index (κ2) is 6.51. The fourth-order valence-corrected chi connectivity index (χ4v) is 1.76. The number of benzene rings is 1. The Bertz CT molecular complexity index is 761. The van der Waals surface area contributed by atoms with E-state index in [9.17, 15) is 22.8 Å². The van der Waals surface area contributed by atoms with Crippen LogP contribution in [0.3, 0.4) is 0 Å². The van der Waals surface area contributed by atoms with E-state index < -0.39 is 41.5 Å². The molecule has 1 aromatic carbocycles. The fraction of sp³-hybridized carbons (Fsp3) is 0.214. The maximum Gasteiger partial charge on any atom is 0.276 e. The molecule has 1 heterocycles. The van der Waals surface area contributed by atoms with E-state index in [0.29, 0.717) is 11.8 Å². The molecule has 0 saturated heterocycles. The molecular weight excluding hydrogens is 315 g/mol. The van der Waals surface area contributed by atoms with Gasteiger partial charge in [-0.25, -0.2) is 13.2 Å². The van der Waals surface area contributed by atoms with Gasteiger partial charge in [0.25, 0.3) is 5.91 Å². The number of anilines is 1. The predicted octanol–water partition coefficient (Wildman–Crippen LogP) is 2.11. The molecule has 0 aliphatic rings. The highest BCUT2D eigenvalue weighted by Crippen LogP contribution is 2.19. The Hall–Kier alpha value is -2.84. The number of hydrogen-bond acceptors (Lipinski definition) is 4. The quantitative estimate of drug-likeness (QED) is 0.873. The molecular formula is C14H12F3N3O3. The number of nitrogens with zero attached hydrogens (tertiary/aromatic N) is 2. The van der Waals surface area contributed by atoms with Crippen LogP contribution in [-0.4, -0.2) is 35.5 Å². The largest absolute Gasteiger partial charge is 0.361 e. The number of rotatable bonds is 4. The number of halogens is 3. The van der Waals surface area contributed by atoms with E-state index in [0.717, 1.165) is 11.0 Å². The molecule has 0 saturated carbocycles. The lowest BCUT2D eigenvalue weighted by Crippen LogP contribution is -2.35. The van der Waals surface area contributed by atoms with E-state index in [2.05, 4.69) is 10.5 Å². The van der Waals surface area contributed by atoms with Gasteiger partial charge in [0.2, 0.25) is 5.91 Å². The van der Waals surface area contributed by atoms with Crippen molar-refractivity contribution in [3.8, 4) is 0 Å².